The third-order valence-corrected chi connectivity index (χ3v) is 4.59. The minimum atomic E-state index is -0.621. The number of amides is 3. The van der Waals surface area contributed by atoms with Crippen LogP contribution in [0.4, 0.5) is 4.79 Å². The molecule has 0 radical (unpaired) electrons. The number of alkyl carbamates (subject to hydrolysis) is 1. The van der Waals surface area contributed by atoms with Gasteiger partial charge in [0.25, 0.3) is 5.91 Å². The molecule has 1 N–H and O–H groups in total. The second-order valence-corrected chi connectivity index (χ2v) is 8.30. The largest absolute Gasteiger partial charge is 0.484 e. The van der Waals surface area contributed by atoms with Crippen LogP contribution in [0.3, 0.4) is 0 Å². The van der Waals surface area contributed by atoms with Gasteiger partial charge in [0.05, 0.1) is 0 Å². The first-order valence-electron chi connectivity index (χ1n) is 10.4. The maximum absolute atomic E-state index is 12.4. The summed E-state index contributed by atoms with van der Waals surface area (Å²) in [4.78, 5) is 39.6. The van der Waals surface area contributed by atoms with Crippen LogP contribution in [0.2, 0.25) is 0 Å². The van der Waals surface area contributed by atoms with E-state index in [1.165, 1.54) is 5.56 Å². The standard InChI is InChI=1S/C22H33N3O5/c1-5-6-17-7-9-18(10-8-17)29-16-20(27)25-13-11-24(12-14-25)19(26)15-23-21(28)30-22(2,3)4/h7-10H,5-6,11-16H2,1-4H3,(H,23,28). The Morgan fingerprint density at radius 3 is 2.07 bits per heavy atom. The molecule has 0 saturated carbocycles. The first kappa shape index (κ1) is 23.5. The van der Waals surface area contributed by atoms with Crippen LogP contribution in [-0.4, -0.2) is 72.6 Å². The average Bonchev–Trinajstić information content (AvgIpc) is 2.70. The monoisotopic (exact) mass is 419 g/mol. The Morgan fingerprint density at radius 2 is 1.53 bits per heavy atom. The highest BCUT2D eigenvalue weighted by Gasteiger charge is 2.25. The first-order chi connectivity index (χ1) is 14.2. The molecule has 0 aromatic heterocycles. The molecule has 0 spiro atoms. The van der Waals surface area contributed by atoms with Gasteiger partial charge in [0, 0.05) is 26.2 Å². The summed E-state index contributed by atoms with van der Waals surface area (Å²) in [6.45, 7) is 8.99. The molecule has 1 aromatic rings. The summed E-state index contributed by atoms with van der Waals surface area (Å²) in [6, 6.07) is 7.79. The summed E-state index contributed by atoms with van der Waals surface area (Å²) < 4.78 is 10.7. The summed E-state index contributed by atoms with van der Waals surface area (Å²) in [6.07, 6.45) is 1.49. The van der Waals surface area contributed by atoms with Crippen molar-refractivity contribution in [2.45, 2.75) is 46.1 Å². The summed E-state index contributed by atoms with van der Waals surface area (Å²) >= 11 is 0. The highest BCUT2D eigenvalue weighted by atomic mass is 16.6. The third-order valence-electron chi connectivity index (χ3n) is 4.59. The normalized spacial score (nSPS) is 14.3. The summed E-state index contributed by atoms with van der Waals surface area (Å²) in [5.41, 5.74) is 0.636. The van der Waals surface area contributed by atoms with Crippen LogP contribution in [0.25, 0.3) is 0 Å². The van der Waals surface area contributed by atoms with E-state index in [0.29, 0.717) is 31.9 Å². The van der Waals surface area contributed by atoms with Crippen molar-refractivity contribution in [2.75, 3.05) is 39.3 Å². The van der Waals surface area contributed by atoms with Crippen LogP contribution in [0.15, 0.2) is 24.3 Å². The topological polar surface area (TPSA) is 88.2 Å². The molecule has 8 heteroatoms. The van der Waals surface area contributed by atoms with Crippen molar-refractivity contribution in [3.05, 3.63) is 29.8 Å². The van der Waals surface area contributed by atoms with Gasteiger partial charge in [-0.1, -0.05) is 25.5 Å². The number of nitrogens with zero attached hydrogens (tertiary/aromatic N) is 2. The zero-order valence-corrected chi connectivity index (χ0v) is 18.4. The maximum atomic E-state index is 12.4. The summed E-state index contributed by atoms with van der Waals surface area (Å²) in [5, 5.41) is 2.47. The summed E-state index contributed by atoms with van der Waals surface area (Å²) in [7, 11) is 0. The Hall–Kier alpha value is -2.77. The molecule has 166 valence electrons. The Bertz CT molecular complexity index is 719. The van der Waals surface area contributed by atoms with Gasteiger partial charge in [-0.15, -0.1) is 0 Å². The molecule has 1 aliphatic heterocycles. The minimum Gasteiger partial charge on any atom is -0.484 e. The number of piperazine rings is 1. The van der Waals surface area contributed by atoms with E-state index in [2.05, 4.69) is 12.2 Å². The lowest BCUT2D eigenvalue weighted by molar-refractivity contribution is -0.140. The molecule has 0 atom stereocenters. The van der Waals surface area contributed by atoms with E-state index >= 15 is 0 Å². The second kappa shape index (κ2) is 10.8. The molecule has 1 fully saturated rings. The molecule has 1 saturated heterocycles. The van der Waals surface area contributed by atoms with Gasteiger partial charge in [-0.05, 0) is 44.9 Å². The van der Waals surface area contributed by atoms with E-state index < -0.39 is 11.7 Å². The minimum absolute atomic E-state index is 0.0265. The van der Waals surface area contributed by atoms with Crippen LogP contribution < -0.4 is 10.1 Å². The number of hydrogen-bond acceptors (Lipinski definition) is 5. The van der Waals surface area contributed by atoms with Gasteiger partial charge in [0.1, 0.15) is 17.9 Å². The molecule has 3 amide bonds. The van der Waals surface area contributed by atoms with Gasteiger partial charge >= 0.3 is 6.09 Å². The SMILES string of the molecule is CCCc1ccc(OCC(=O)N2CCN(C(=O)CNC(=O)OC(C)(C)C)CC2)cc1. The zero-order chi connectivity index (χ0) is 22.1. The van der Waals surface area contributed by atoms with Gasteiger partial charge < -0.3 is 24.6 Å². The molecular formula is C22H33N3O5. The zero-order valence-electron chi connectivity index (χ0n) is 18.4. The molecule has 0 aliphatic carbocycles. The van der Waals surface area contributed by atoms with Crippen molar-refractivity contribution in [1.29, 1.82) is 0 Å². The number of nitrogens with one attached hydrogen (secondary N) is 1. The Kier molecular flexibility index (Phi) is 8.50. The van der Waals surface area contributed by atoms with Crippen LogP contribution in [0, 0.1) is 0 Å². The number of rotatable bonds is 7. The number of benzene rings is 1. The van der Waals surface area contributed by atoms with E-state index in [9.17, 15) is 14.4 Å². The number of hydrogen-bond donors (Lipinski definition) is 1. The van der Waals surface area contributed by atoms with Crippen molar-refractivity contribution >= 4 is 17.9 Å². The number of carbonyl (C=O) groups is 3. The van der Waals surface area contributed by atoms with Gasteiger partial charge in [-0.2, -0.15) is 0 Å². The molecule has 0 unspecified atom stereocenters. The Labute approximate surface area is 178 Å². The fourth-order valence-corrected chi connectivity index (χ4v) is 3.06. The first-order valence-corrected chi connectivity index (χ1v) is 10.4. The molecule has 1 heterocycles. The fourth-order valence-electron chi connectivity index (χ4n) is 3.06. The molecular weight excluding hydrogens is 386 g/mol. The van der Waals surface area contributed by atoms with Crippen LogP contribution in [0.5, 0.6) is 5.75 Å². The average molecular weight is 420 g/mol. The van der Waals surface area contributed by atoms with Crippen molar-refractivity contribution < 1.29 is 23.9 Å². The van der Waals surface area contributed by atoms with Crippen molar-refractivity contribution in [3.8, 4) is 5.75 Å². The van der Waals surface area contributed by atoms with E-state index in [-0.39, 0.29) is 25.0 Å². The van der Waals surface area contributed by atoms with Gasteiger partial charge in [-0.3, -0.25) is 9.59 Å². The van der Waals surface area contributed by atoms with Gasteiger partial charge in [0.15, 0.2) is 6.61 Å². The molecule has 0 bridgehead atoms. The lowest BCUT2D eigenvalue weighted by atomic mass is 10.1. The van der Waals surface area contributed by atoms with Gasteiger partial charge in [-0.25, -0.2) is 4.79 Å². The molecule has 30 heavy (non-hydrogen) atoms. The van der Waals surface area contributed by atoms with Crippen molar-refractivity contribution in [2.24, 2.45) is 0 Å². The molecule has 1 aliphatic rings. The van der Waals surface area contributed by atoms with Crippen LogP contribution >= 0.6 is 0 Å². The smallest absolute Gasteiger partial charge is 0.408 e. The highest BCUT2D eigenvalue weighted by molar-refractivity contribution is 5.83. The lowest BCUT2D eigenvalue weighted by Gasteiger charge is -2.34. The molecule has 8 nitrogen and oxygen atoms in total. The highest BCUT2D eigenvalue weighted by Crippen LogP contribution is 2.14. The maximum Gasteiger partial charge on any atom is 0.408 e. The van der Waals surface area contributed by atoms with Crippen molar-refractivity contribution in [1.82, 2.24) is 15.1 Å². The molecule has 1 aromatic carbocycles. The van der Waals surface area contributed by atoms with Gasteiger partial charge in [0.2, 0.25) is 5.91 Å². The Morgan fingerprint density at radius 1 is 0.967 bits per heavy atom. The fraction of sp³-hybridized carbons (Fsp3) is 0.591. The predicted octanol–water partition coefficient (Wildman–Crippen LogP) is 2.21. The number of ether oxygens (including phenoxy) is 2. The van der Waals surface area contributed by atoms with E-state index in [1.54, 1.807) is 30.6 Å². The molecule has 2 rings (SSSR count). The quantitative estimate of drug-likeness (QED) is 0.732. The van der Waals surface area contributed by atoms with Crippen LogP contribution in [-0.2, 0) is 20.7 Å². The van der Waals surface area contributed by atoms with Crippen molar-refractivity contribution in [3.63, 3.8) is 0 Å². The lowest BCUT2D eigenvalue weighted by Crippen LogP contribution is -2.53. The van der Waals surface area contributed by atoms with E-state index in [4.69, 9.17) is 9.47 Å². The second-order valence-electron chi connectivity index (χ2n) is 8.30. The third kappa shape index (κ3) is 7.93. The van der Waals surface area contributed by atoms with E-state index in [1.807, 2.05) is 24.3 Å². The van der Waals surface area contributed by atoms with Crippen LogP contribution in [0.1, 0.15) is 39.7 Å². The number of carbonyl (C=O) groups excluding carboxylic acids is 3. The Balaban J connectivity index is 1.69. The summed E-state index contributed by atoms with van der Waals surface area (Å²) in [5.74, 6) is 0.369. The predicted molar refractivity (Wildman–Crippen MR) is 113 cm³/mol. The number of aryl methyl sites for hydroxylation is 1. The van der Waals surface area contributed by atoms with E-state index in [0.717, 1.165) is 12.8 Å².